The van der Waals surface area contributed by atoms with Gasteiger partial charge in [0.15, 0.2) is 5.82 Å². The maximum absolute atomic E-state index is 12.9. The maximum Gasteiger partial charge on any atom is 0.228 e. The van der Waals surface area contributed by atoms with Crippen molar-refractivity contribution in [2.75, 3.05) is 31.3 Å². The summed E-state index contributed by atoms with van der Waals surface area (Å²) in [6, 6.07) is 10.5. The van der Waals surface area contributed by atoms with Crippen LogP contribution in [0.4, 0.5) is 11.6 Å². The summed E-state index contributed by atoms with van der Waals surface area (Å²) in [5, 5.41) is 9.28. The van der Waals surface area contributed by atoms with Crippen LogP contribution in [0.1, 0.15) is 29.9 Å². The van der Waals surface area contributed by atoms with Crippen LogP contribution in [-0.4, -0.2) is 52.7 Å². The number of nitrogen functional groups attached to an aromatic ring is 1. The first-order chi connectivity index (χ1) is 14.0. The van der Waals surface area contributed by atoms with Gasteiger partial charge >= 0.3 is 0 Å². The van der Waals surface area contributed by atoms with E-state index >= 15 is 0 Å². The normalized spacial score (nSPS) is 23.7. The lowest BCUT2D eigenvalue weighted by atomic mass is 9.72. The number of likely N-dealkylation sites (tertiary alicyclic amines) is 1. The van der Waals surface area contributed by atoms with Gasteiger partial charge in [-0.15, -0.1) is 10.2 Å². The van der Waals surface area contributed by atoms with E-state index in [1.54, 1.807) is 24.1 Å². The van der Waals surface area contributed by atoms with E-state index in [4.69, 9.17) is 5.73 Å². The number of benzene rings is 1. The first kappa shape index (κ1) is 18.1. The molecule has 7 heteroatoms. The van der Waals surface area contributed by atoms with Crippen molar-refractivity contribution in [3.63, 3.8) is 0 Å². The molecule has 1 aliphatic heterocycles. The van der Waals surface area contributed by atoms with Crippen molar-refractivity contribution in [1.82, 2.24) is 20.1 Å². The summed E-state index contributed by atoms with van der Waals surface area (Å²) < 4.78 is 0. The van der Waals surface area contributed by atoms with Crippen LogP contribution in [0.15, 0.2) is 36.5 Å². The summed E-state index contributed by atoms with van der Waals surface area (Å²) in [5.74, 6) is 1.72. The number of piperidine rings is 1. The lowest BCUT2D eigenvalue weighted by Gasteiger charge is -2.45. The van der Waals surface area contributed by atoms with Gasteiger partial charge in [0, 0.05) is 49.1 Å². The molecule has 1 aromatic carbocycles. The SMILES string of the molecule is CN(C(=O)C[C@@H]1CC2c3cccc4[nH]cc(c34)C[C@H]2N(C)C1)c1ccc(N)nn1. The number of nitrogens with two attached hydrogens (primary N) is 1. The van der Waals surface area contributed by atoms with Crippen molar-refractivity contribution >= 4 is 28.4 Å². The molecule has 5 rings (SSSR count). The molecule has 1 aliphatic carbocycles. The number of fused-ring (bicyclic) bond motifs is 2. The van der Waals surface area contributed by atoms with Crippen molar-refractivity contribution in [2.24, 2.45) is 5.92 Å². The van der Waals surface area contributed by atoms with Gasteiger partial charge in [0.2, 0.25) is 5.91 Å². The molecule has 1 saturated heterocycles. The lowest BCUT2D eigenvalue weighted by Crippen LogP contribution is -2.48. The fourth-order valence-electron chi connectivity index (χ4n) is 5.23. The molecular formula is C22H26N6O. The Bertz CT molecular complexity index is 1060. The minimum Gasteiger partial charge on any atom is -0.382 e. The fourth-order valence-corrected chi connectivity index (χ4v) is 5.23. The molecule has 2 aliphatic rings. The summed E-state index contributed by atoms with van der Waals surface area (Å²) >= 11 is 0. The highest BCUT2D eigenvalue weighted by molar-refractivity contribution is 5.92. The van der Waals surface area contributed by atoms with Crippen LogP contribution >= 0.6 is 0 Å². The number of rotatable bonds is 3. The molecule has 0 spiro atoms. The minimum absolute atomic E-state index is 0.0669. The number of H-pyrrole nitrogens is 1. The molecule has 1 fully saturated rings. The van der Waals surface area contributed by atoms with E-state index in [0.717, 1.165) is 19.4 Å². The zero-order valence-electron chi connectivity index (χ0n) is 16.8. The summed E-state index contributed by atoms with van der Waals surface area (Å²) in [6.45, 7) is 0.934. The standard InChI is InChI=1S/C22H26N6O/c1-27-12-13(9-21(29)28(2)20-7-6-19(23)25-26-20)8-16-15-4-3-5-17-22(15)14(11-24-17)10-18(16)27/h3-7,11,13,16,18,24H,8-10,12H2,1-2H3,(H2,23,25)/t13-,16?,18+/m0/s1. The number of nitrogens with one attached hydrogen (secondary N) is 1. The number of aromatic nitrogens is 3. The van der Waals surface area contributed by atoms with Crippen molar-refractivity contribution < 1.29 is 4.79 Å². The third-order valence-electron chi connectivity index (χ3n) is 6.66. The van der Waals surface area contributed by atoms with Crippen LogP contribution in [0.5, 0.6) is 0 Å². The highest BCUT2D eigenvalue weighted by Gasteiger charge is 2.40. The third kappa shape index (κ3) is 3.06. The second kappa shape index (κ2) is 6.84. The molecule has 2 aromatic heterocycles. The van der Waals surface area contributed by atoms with Gasteiger partial charge in [-0.1, -0.05) is 12.1 Å². The number of carbonyl (C=O) groups is 1. The van der Waals surface area contributed by atoms with Crippen LogP contribution < -0.4 is 10.6 Å². The van der Waals surface area contributed by atoms with Crippen LogP contribution in [0, 0.1) is 5.92 Å². The molecule has 150 valence electrons. The average molecular weight is 390 g/mol. The number of hydrogen-bond acceptors (Lipinski definition) is 5. The first-order valence-corrected chi connectivity index (χ1v) is 10.2. The van der Waals surface area contributed by atoms with E-state index < -0.39 is 0 Å². The van der Waals surface area contributed by atoms with E-state index in [0.29, 0.717) is 35.9 Å². The third-order valence-corrected chi connectivity index (χ3v) is 6.66. The molecule has 0 bridgehead atoms. The van der Waals surface area contributed by atoms with E-state index in [1.165, 1.54) is 22.0 Å². The van der Waals surface area contributed by atoms with Crippen molar-refractivity contribution in [3.05, 3.63) is 47.7 Å². The Labute approximate surface area is 169 Å². The molecule has 3 N–H and O–H groups in total. The quantitative estimate of drug-likeness (QED) is 0.717. The topological polar surface area (TPSA) is 91.1 Å². The fraction of sp³-hybridized carbons (Fsp3) is 0.409. The second-order valence-corrected chi connectivity index (χ2v) is 8.48. The Kier molecular flexibility index (Phi) is 4.28. The van der Waals surface area contributed by atoms with Gasteiger partial charge in [-0.05, 0) is 55.1 Å². The van der Waals surface area contributed by atoms with Crippen LogP contribution in [0.3, 0.4) is 0 Å². The van der Waals surface area contributed by atoms with E-state index in [9.17, 15) is 4.79 Å². The van der Waals surface area contributed by atoms with Gasteiger partial charge in [0.1, 0.15) is 5.82 Å². The smallest absolute Gasteiger partial charge is 0.228 e. The van der Waals surface area contributed by atoms with Gasteiger partial charge in [-0.2, -0.15) is 0 Å². The number of hydrogen-bond donors (Lipinski definition) is 2. The zero-order valence-corrected chi connectivity index (χ0v) is 16.8. The zero-order chi connectivity index (χ0) is 20.1. The van der Waals surface area contributed by atoms with Crippen molar-refractivity contribution in [2.45, 2.75) is 31.2 Å². The summed E-state index contributed by atoms with van der Waals surface area (Å²) in [6.07, 6.45) is 4.77. The van der Waals surface area contributed by atoms with Crippen LogP contribution in [0.25, 0.3) is 10.9 Å². The molecule has 1 unspecified atom stereocenters. The predicted molar refractivity (Wildman–Crippen MR) is 114 cm³/mol. The summed E-state index contributed by atoms with van der Waals surface area (Å²) in [7, 11) is 3.95. The predicted octanol–water partition coefficient (Wildman–Crippen LogP) is 2.55. The van der Waals surface area contributed by atoms with Crippen molar-refractivity contribution in [3.8, 4) is 0 Å². The molecule has 3 aromatic rings. The molecule has 29 heavy (non-hydrogen) atoms. The first-order valence-electron chi connectivity index (χ1n) is 10.2. The highest BCUT2D eigenvalue weighted by atomic mass is 16.2. The number of carbonyl (C=O) groups excluding carboxylic acids is 1. The van der Waals surface area contributed by atoms with E-state index in [-0.39, 0.29) is 5.91 Å². The number of likely N-dealkylation sites (N-methyl/N-ethyl adjacent to an activating group) is 1. The number of nitrogens with zero attached hydrogens (tertiary/aromatic N) is 4. The molecule has 1 amide bonds. The Hall–Kier alpha value is -2.93. The molecule has 7 nitrogen and oxygen atoms in total. The maximum atomic E-state index is 12.9. The Morgan fingerprint density at radius 2 is 2.17 bits per heavy atom. The molecular weight excluding hydrogens is 364 g/mol. The Morgan fingerprint density at radius 1 is 1.31 bits per heavy atom. The van der Waals surface area contributed by atoms with E-state index in [1.807, 2.05) is 0 Å². The van der Waals surface area contributed by atoms with Crippen LogP contribution in [-0.2, 0) is 11.2 Å². The number of amides is 1. The Morgan fingerprint density at radius 3 is 2.97 bits per heavy atom. The van der Waals surface area contributed by atoms with Crippen molar-refractivity contribution in [1.29, 1.82) is 0 Å². The minimum atomic E-state index is 0.0669. The molecule has 3 heterocycles. The lowest BCUT2D eigenvalue weighted by molar-refractivity contribution is -0.119. The largest absolute Gasteiger partial charge is 0.382 e. The van der Waals surface area contributed by atoms with Gasteiger partial charge in [-0.3, -0.25) is 9.69 Å². The van der Waals surface area contributed by atoms with Gasteiger partial charge in [-0.25, -0.2) is 0 Å². The monoisotopic (exact) mass is 390 g/mol. The highest BCUT2D eigenvalue weighted by Crippen LogP contribution is 2.44. The summed E-state index contributed by atoms with van der Waals surface area (Å²) in [5.41, 5.74) is 9.67. The molecule has 0 radical (unpaired) electrons. The van der Waals surface area contributed by atoms with Gasteiger partial charge < -0.3 is 15.6 Å². The van der Waals surface area contributed by atoms with Crippen LogP contribution in [0.2, 0.25) is 0 Å². The molecule has 0 saturated carbocycles. The molecule has 3 atom stereocenters. The van der Waals surface area contributed by atoms with E-state index in [2.05, 4.69) is 51.5 Å². The average Bonchev–Trinajstić information content (AvgIpc) is 3.13. The van der Waals surface area contributed by atoms with Gasteiger partial charge in [0.25, 0.3) is 0 Å². The number of aromatic amines is 1. The second-order valence-electron chi connectivity index (χ2n) is 8.48. The number of anilines is 2. The summed E-state index contributed by atoms with van der Waals surface area (Å²) in [4.78, 5) is 20.4. The van der Waals surface area contributed by atoms with Gasteiger partial charge in [0.05, 0.1) is 0 Å². The Balaban J connectivity index is 1.36.